The SMILES string of the molecule is Cc1cc2c(cc1N)N(S(=O)(=O)N1CCCC1)CC2. The molecule has 0 amide bonds. The second kappa shape index (κ2) is 4.38. The summed E-state index contributed by atoms with van der Waals surface area (Å²) in [7, 11) is -3.37. The molecule has 0 aromatic heterocycles. The molecule has 1 saturated heterocycles. The van der Waals surface area contributed by atoms with E-state index in [1.54, 1.807) is 10.4 Å². The van der Waals surface area contributed by atoms with Gasteiger partial charge in [-0.1, -0.05) is 6.07 Å². The van der Waals surface area contributed by atoms with E-state index < -0.39 is 10.2 Å². The Hall–Kier alpha value is -1.27. The molecule has 2 aliphatic heterocycles. The first kappa shape index (κ1) is 12.7. The van der Waals surface area contributed by atoms with E-state index in [9.17, 15) is 8.42 Å². The molecule has 0 unspecified atom stereocenters. The smallest absolute Gasteiger partial charge is 0.304 e. The fraction of sp³-hybridized carbons (Fsp3) is 0.538. The van der Waals surface area contributed by atoms with Gasteiger partial charge in [0, 0.05) is 25.3 Å². The fourth-order valence-corrected chi connectivity index (χ4v) is 4.58. The highest BCUT2D eigenvalue weighted by Gasteiger charge is 2.35. The molecule has 1 fully saturated rings. The lowest BCUT2D eigenvalue weighted by atomic mass is 10.1. The number of benzene rings is 1. The van der Waals surface area contributed by atoms with Gasteiger partial charge in [-0.05, 0) is 43.4 Å². The molecule has 0 aliphatic carbocycles. The molecule has 0 atom stereocenters. The van der Waals surface area contributed by atoms with Crippen LogP contribution in [0, 0.1) is 6.92 Å². The van der Waals surface area contributed by atoms with Crippen molar-refractivity contribution in [3.63, 3.8) is 0 Å². The van der Waals surface area contributed by atoms with E-state index >= 15 is 0 Å². The Morgan fingerprint density at radius 2 is 1.84 bits per heavy atom. The maximum atomic E-state index is 12.6. The van der Waals surface area contributed by atoms with Gasteiger partial charge < -0.3 is 5.73 Å². The first-order valence-corrected chi connectivity index (χ1v) is 8.06. The molecular weight excluding hydrogens is 262 g/mol. The number of fused-ring (bicyclic) bond motifs is 1. The van der Waals surface area contributed by atoms with Gasteiger partial charge in [-0.25, -0.2) is 0 Å². The van der Waals surface area contributed by atoms with Crippen LogP contribution in [0.3, 0.4) is 0 Å². The molecule has 2 N–H and O–H groups in total. The standard InChI is InChI=1S/C13H19N3O2S/c1-10-8-11-4-7-16(13(11)9-12(10)14)19(17,18)15-5-2-3-6-15/h8-9H,2-7,14H2,1H3. The lowest BCUT2D eigenvalue weighted by Gasteiger charge is -2.25. The van der Waals surface area contributed by atoms with Crippen LogP contribution in [0.15, 0.2) is 12.1 Å². The van der Waals surface area contributed by atoms with Crippen LogP contribution >= 0.6 is 0 Å². The van der Waals surface area contributed by atoms with Gasteiger partial charge in [-0.15, -0.1) is 0 Å². The predicted octanol–water partition coefficient (Wildman–Crippen LogP) is 1.28. The van der Waals surface area contributed by atoms with Gasteiger partial charge in [-0.2, -0.15) is 12.7 Å². The summed E-state index contributed by atoms with van der Waals surface area (Å²) >= 11 is 0. The molecule has 0 bridgehead atoms. The average Bonchev–Trinajstić information content (AvgIpc) is 2.98. The quantitative estimate of drug-likeness (QED) is 0.830. The number of hydrogen-bond donors (Lipinski definition) is 1. The summed E-state index contributed by atoms with van der Waals surface area (Å²) < 4.78 is 28.3. The van der Waals surface area contributed by atoms with Gasteiger partial charge in [0.2, 0.25) is 0 Å². The molecule has 2 aliphatic rings. The second-order valence-electron chi connectivity index (χ2n) is 5.27. The van der Waals surface area contributed by atoms with Crippen molar-refractivity contribution in [2.24, 2.45) is 0 Å². The summed E-state index contributed by atoms with van der Waals surface area (Å²) in [6.07, 6.45) is 2.68. The minimum Gasteiger partial charge on any atom is -0.398 e. The molecule has 1 aromatic carbocycles. The third kappa shape index (κ3) is 1.99. The van der Waals surface area contributed by atoms with Crippen molar-refractivity contribution in [3.05, 3.63) is 23.3 Å². The normalized spacial score (nSPS) is 19.9. The lowest BCUT2D eigenvalue weighted by molar-refractivity contribution is 0.474. The summed E-state index contributed by atoms with van der Waals surface area (Å²) in [5, 5.41) is 0. The first-order chi connectivity index (χ1) is 9.00. The van der Waals surface area contributed by atoms with Crippen molar-refractivity contribution in [1.29, 1.82) is 0 Å². The molecule has 6 heteroatoms. The molecule has 1 aromatic rings. The molecule has 3 rings (SSSR count). The van der Waals surface area contributed by atoms with Crippen molar-refractivity contribution < 1.29 is 8.42 Å². The van der Waals surface area contributed by atoms with Crippen LogP contribution in [-0.2, 0) is 16.6 Å². The summed E-state index contributed by atoms with van der Waals surface area (Å²) in [6, 6.07) is 3.80. The number of nitrogens with two attached hydrogens (primary N) is 1. The third-order valence-corrected chi connectivity index (χ3v) is 5.94. The molecule has 104 valence electrons. The summed E-state index contributed by atoms with van der Waals surface area (Å²) in [5.41, 5.74) is 9.42. The molecular formula is C13H19N3O2S. The Morgan fingerprint density at radius 1 is 1.16 bits per heavy atom. The zero-order valence-corrected chi connectivity index (χ0v) is 11.9. The minimum atomic E-state index is -3.37. The Labute approximate surface area is 114 Å². The Morgan fingerprint density at radius 3 is 2.53 bits per heavy atom. The van der Waals surface area contributed by atoms with Gasteiger partial charge in [0.15, 0.2) is 0 Å². The topological polar surface area (TPSA) is 66.6 Å². The minimum absolute atomic E-state index is 0.525. The van der Waals surface area contributed by atoms with Crippen molar-refractivity contribution in [3.8, 4) is 0 Å². The lowest BCUT2D eigenvalue weighted by Crippen LogP contribution is -2.41. The van der Waals surface area contributed by atoms with Crippen molar-refractivity contribution >= 4 is 21.6 Å². The Bertz CT molecular complexity index is 607. The van der Waals surface area contributed by atoms with Crippen molar-refractivity contribution in [1.82, 2.24) is 4.31 Å². The van der Waals surface area contributed by atoms with Crippen LogP contribution in [-0.4, -0.2) is 32.4 Å². The summed E-state index contributed by atoms with van der Waals surface area (Å²) in [6.45, 7) is 3.75. The van der Waals surface area contributed by atoms with Crippen LogP contribution in [0.25, 0.3) is 0 Å². The van der Waals surface area contributed by atoms with Crippen molar-refractivity contribution in [2.75, 3.05) is 29.7 Å². The summed E-state index contributed by atoms with van der Waals surface area (Å²) in [5.74, 6) is 0. The highest BCUT2D eigenvalue weighted by atomic mass is 32.2. The van der Waals surface area contributed by atoms with Gasteiger partial charge in [0.25, 0.3) is 0 Å². The summed E-state index contributed by atoms with van der Waals surface area (Å²) in [4.78, 5) is 0. The average molecular weight is 281 g/mol. The van der Waals surface area contributed by atoms with E-state index in [1.165, 1.54) is 4.31 Å². The number of hydrogen-bond acceptors (Lipinski definition) is 3. The molecule has 5 nitrogen and oxygen atoms in total. The number of aryl methyl sites for hydroxylation is 1. The van der Waals surface area contributed by atoms with Crippen LogP contribution in [0.4, 0.5) is 11.4 Å². The fourth-order valence-electron chi connectivity index (χ4n) is 2.85. The third-order valence-electron chi connectivity index (χ3n) is 3.99. The van der Waals surface area contributed by atoms with E-state index in [2.05, 4.69) is 0 Å². The highest BCUT2D eigenvalue weighted by molar-refractivity contribution is 7.90. The monoisotopic (exact) mass is 281 g/mol. The van der Waals surface area contributed by atoms with E-state index in [4.69, 9.17) is 5.73 Å². The van der Waals surface area contributed by atoms with Gasteiger partial charge in [-0.3, -0.25) is 4.31 Å². The van der Waals surface area contributed by atoms with E-state index in [0.717, 1.165) is 36.1 Å². The molecule has 0 spiro atoms. The second-order valence-corrected chi connectivity index (χ2v) is 7.13. The van der Waals surface area contributed by atoms with E-state index in [-0.39, 0.29) is 0 Å². The van der Waals surface area contributed by atoms with Gasteiger partial charge in [0.05, 0.1) is 5.69 Å². The Balaban J connectivity index is 2.00. The van der Waals surface area contributed by atoms with E-state index in [1.807, 2.05) is 13.0 Å². The van der Waals surface area contributed by atoms with Gasteiger partial charge in [0.1, 0.15) is 0 Å². The number of nitrogens with zero attached hydrogens (tertiary/aromatic N) is 2. The number of nitrogen functional groups attached to an aromatic ring is 1. The van der Waals surface area contributed by atoms with Crippen molar-refractivity contribution in [2.45, 2.75) is 26.2 Å². The molecule has 0 saturated carbocycles. The maximum Gasteiger partial charge on any atom is 0.304 e. The zero-order chi connectivity index (χ0) is 13.6. The zero-order valence-electron chi connectivity index (χ0n) is 11.1. The van der Waals surface area contributed by atoms with Crippen LogP contribution < -0.4 is 10.0 Å². The Kier molecular flexibility index (Phi) is 2.94. The molecule has 2 heterocycles. The molecule has 0 radical (unpaired) electrons. The maximum absolute atomic E-state index is 12.6. The van der Waals surface area contributed by atoms with Gasteiger partial charge >= 0.3 is 10.2 Å². The largest absolute Gasteiger partial charge is 0.398 e. The highest BCUT2D eigenvalue weighted by Crippen LogP contribution is 2.35. The van der Waals surface area contributed by atoms with Crippen LogP contribution in [0.1, 0.15) is 24.0 Å². The van der Waals surface area contributed by atoms with Crippen LogP contribution in [0.2, 0.25) is 0 Å². The predicted molar refractivity (Wildman–Crippen MR) is 76.4 cm³/mol. The number of anilines is 2. The number of rotatable bonds is 2. The van der Waals surface area contributed by atoms with Crippen LogP contribution in [0.5, 0.6) is 0 Å². The first-order valence-electron chi connectivity index (χ1n) is 6.67. The molecule has 19 heavy (non-hydrogen) atoms. The van der Waals surface area contributed by atoms with E-state index in [0.29, 0.717) is 25.3 Å².